The molecule has 0 spiro atoms. The second kappa shape index (κ2) is 11.5. The van der Waals surface area contributed by atoms with Crippen molar-refractivity contribution in [3.63, 3.8) is 0 Å². The smallest absolute Gasteiger partial charge is 0.335 e. The predicted octanol–water partition coefficient (Wildman–Crippen LogP) is 5.99. The molecule has 2 aromatic heterocycles. The van der Waals surface area contributed by atoms with E-state index in [-0.39, 0.29) is 23.6 Å². The molecule has 6 rings (SSSR count). The lowest BCUT2D eigenvalue weighted by molar-refractivity contribution is 0.0697. The Morgan fingerprint density at radius 1 is 0.953 bits per heavy atom. The van der Waals surface area contributed by atoms with E-state index in [1.165, 1.54) is 37.2 Å². The number of para-hydroxylation sites is 2. The van der Waals surface area contributed by atoms with E-state index in [2.05, 4.69) is 5.10 Å². The number of aromatic nitrogens is 2. The maximum atomic E-state index is 13.6. The van der Waals surface area contributed by atoms with E-state index in [1.54, 1.807) is 42.5 Å². The Labute approximate surface area is 245 Å². The van der Waals surface area contributed by atoms with Gasteiger partial charge >= 0.3 is 5.97 Å². The summed E-state index contributed by atoms with van der Waals surface area (Å²) in [5, 5.41) is 14.9. The number of furan rings is 1. The molecule has 0 unspecified atom stereocenters. The summed E-state index contributed by atoms with van der Waals surface area (Å²) < 4.78 is 24.4. The number of benzene rings is 4. The van der Waals surface area contributed by atoms with Crippen LogP contribution in [0.3, 0.4) is 0 Å². The van der Waals surface area contributed by atoms with E-state index in [4.69, 9.17) is 28.7 Å². The number of carboxylic acids is 1. The van der Waals surface area contributed by atoms with Crippen LogP contribution in [0.25, 0.3) is 33.5 Å². The normalized spacial score (nSPS) is 11.3. The number of hydrogen-bond acceptors (Lipinski definition) is 8. The Morgan fingerprint density at radius 2 is 1.65 bits per heavy atom. The molecule has 0 saturated heterocycles. The van der Waals surface area contributed by atoms with E-state index in [1.807, 2.05) is 36.4 Å². The van der Waals surface area contributed by atoms with Gasteiger partial charge in [0.2, 0.25) is 11.6 Å². The molecule has 2 heterocycles. The first-order valence-electron chi connectivity index (χ1n) is 13.2. The van der Waals surface area contributed by atoms with Gasteiger partial charge in [-0.3, -0.25) is 4.79 Å². The summed E-state index contributed by atoms with van der Waals surface area (Å²) in [5.74, 6) is 0.769. The molecule has 4 aromatic carbocycles. The highest BCUT2D eigenvalue weighted by Crippen LogP contribution is 2.39. The van der Waals surface area contributed by atoms with Crippen molar-refractivity contribution in [2.75, 3.05) is 14.2 Å². The van der Waals surface area contributed by atoms with Crippen molar-refractivity contribution in [2.45, 2.75) is 6.61 Å². The van der Waals surface area contributed by atoms with Gasteiger partial charge in [-0.25, -0.2) is 9.78 Å². The van der Waals surface area contributed by atoms with Crippen LogP contribution in [0.1, 0.15) is 21.5 Å². The fraction of sp³-hybridized carbons (Fsp3) is 0.0909. The van der Waals surface area contributed by atoms with Crippen LogP contribution < -0.4 is 19.8 Å². The van der Waals surface area contributed by atoms with Gasteiger partial charge < -0.3 is 23.7 Å². The molecular formula is C33H25N3O7. The number of fused-ring (bicyclic) bond motifs is 2. The highest BCUT2D eigenvalue weighted by molar-refractivity contribution is 5.87. The molecule has 0 atom stereocenters. The lowest BCUT2D eigenvalue weighted by Crippen LogP contribution is -2.20. The zero-order valence-corrected chi connectivity index (χ0v) is 23.2. The minimum atomic E-state index is -1.00. The fourth-order valence-corrected chi connectivity index (χ4v) is 4.62. The third-order valence-corrected chi connectivity index (χ3v) is 6.79. The first kappa shape index (κ1) is 27.3. The highest BCUT2D eigenvalue weighted by Gasteiger charge is 2.18. The first-order valence-corrected chi connectivity index (χ1v) is 13.2. The monoisotopic (exact) mass is 575 g/mol. The Balaban J connectivity index is 1.37. The number of rotatable bonds is 9. The van der Waals surface area contributed by atoms with Crippen molar-refractivity contribution in [3.8, 4) is 28.8 Å². The molecule has 0 radical (unpaired) electrons. The quantitative estimate of drug-likeness (QED) is 0.209. The number of nitrogens with zero attached hydrogens (tertiary/aromatic N) is 3. The Kier molecular flexibility index (Phi) is 7.32. The number of carboxylic acid groups (broad SMARTS) is 1. The van der Waals surface area contributed by atoms with Crippen LogP contribution in [0.4, 0.5) is 0 Å². The average Bonchev–Trinajstić information content (AvgIpc) is 3.47. The van der Waals surface area contributed by atoms with Crippen LogP contribution in [0.5, 0.6) is 17.2 Å². The van der Waals surface area contributed by atoms with Gasteiger partial charge in [0, 0.05) is 10.9 Å². The molecule has 0 aliphatic carbocycles. The maximum absolute atomic E-state index is 13.6. The van der Waals surface area contributed by atoms with Crippen LogP contribution in [0.15, 0.2) is 105 Å². The van der Waals surface area contributed by atoms with Gasteiger partial charge in [-0.15, -0.1) is 0 Å². The molecule has 0 saturated carbocycles. The predicted molar refractivity (Wildman–Crippen MR) is 161 cm³/mol. The zero-order valence-electron chi connectivity index (χ0n) is 23.2. The van der Waals surface area contributed by atoms with Gasteiger partial charge in [0.1, 0.15) is 12.2 Å². The maximum Gasteiger partial charge on any atom is 0.335 e. The van der Waals surface area contributed by atoms with Crippen molar-refractivity contribution in [1.29, 1.82) is 0 Å². The molecule has 0 aliphatic heterocycles. The third kappa shape index (κ3) is 5.41. The Bertz CT molecular complexity index is 2000. The molecule has 214 valence electrons. The van der Waals surface area contributed by atoms with E-state index in [9.17, 15) is 9.59 Å². The Morgan fingerprint density at radius 3 is 2.35 bits per heavy atom. The third-order valence-electron chi connectivity index (χ3n) is 6.79. The fourth-order valence-electron chi connectivity index (χ4n) is 4.62. The van der Waals surface area contributed by atoms with Crippen molar-refractivity contribution in [3.05, 3.63) is 118 Å². The minimum Gasteiger partial charge on any atom is -0.493 e. The lowest BCUT2D eigenvalue weighted by atomic mass is 10.1. The summed E-state index contributed by atoms with van der Waals surface area (Å²) >= 11 is 0. The summed E-state index contributed by atoms with van der Waals surface area (Å²) in [6.07, 6.45) is 1.50. The van der Waals surface area contributed by atoms with Crippen LogP contribution >= 0.6 is 0 Å². The molecule has 10 nitrogen and oxygen atoms in total. The summed E-state index contributed by atoms with van der Waals surface area (Å²) in [7, 11) is 3.00. The van der Waals surface area contributed by atoms with Gasteiger partial charge in [0.15, 0.2) is 17.3 Å². The molecular weight excluding hydrogens is 550 g/mol. The molecule has 0 amide bonds. The van der Waals surface area contributed by atoms with Crippen molar-refractivity contribution in [1.82, 2.24) is 9.66 Å². The van der Waals surface area contributed by atoms with Gasteiger partial charge in [0.25, 0.3) is 5.56 Å². The number of methoxy groups -OCH3 is 2. The topological polar surface area (TPSA) is 125 Å². The summed E-state index contributed by atoms with van der Waals surface area (Å²) in [6, 6.07) is 26.2. The minimum absolute atomic E-state index is 0.152. The van der Waals surface area contributed by atoms with Gasteiger partial charge in [-0.2, -0.15) is 9.78 Å². The van der Waals surface area contributed by atoms with E-state index >= 15 is 0 Å². The Hall–Kier alpha value is -5.90. The molecule has 0 fully saturated rings. The van der Waals surface area contributed by atoms with Gasteiger partial charge in [-0.1, -0.05) is 42.5 Å². The molecule has 43 heavy (non-hydrogen) atoms. The van der Waals surface area contributed by atoms with Crippen LogP contribution in [-0.4, -0.2) is 41.2 Å². The van der Waals surface area contributed by atoms with E-state index < -0.39 is 5.97 Å². The zero-order chi connectivity index (χ0) is 29.9. The second-order valence-electron chi connectivity index (χ2n) is 9.51. The summed E-state index contributed by atoms with van der Waals surface area (Å²) in [6.45, 7) is 0.152. The number of hydrogen-bond donors (Lipinski definition) is 1. The van der Waals surface area contributed by atoms with Crippen molar-refractivity contribution in [2.24, 2.45) is 5.10 Å². The molecule has 10 heteroatoms. The number of carbonyl (C=O) groups is 1. The van der Waals surface area contributed by atoms with Crippen LogP contribution in [-0.2, 0) is 6.61 Å². The SMILES string of the molecule is COc1cc(C=Nn2c(-c3cc4ccccc4o3)nc3ccccc3c2=O)cc(OC)c1OCc1ccc(C(=O)O)cc1. The summed E-state index contributed by atoms with van der Waals surface area (Å²) in [5.41, 5.74) is 2.36. The largest absolute Gasteiger partial charge is 0.493 e. The van der Waals surface area contributed by atoms with Gasteiger partial charge in [-0.05, 0) is 54.1 Å². The first-order chi connectivity index (χ1) is 20.9. The van der Waals surface area contributed by atoms with Crippen LogP contribution in [0, 0.1) is 0 Å². The lowest BCUT2D eigenvalue weighted by Gasteiger charge is -2.15. The van der Waals surface area contributed by atoms with Crippen molar-refractivity contribution >= 4 is 34.1 Å². The molecule has 6 aromatic rings. The van der Waals surface area contributed by atoms with Gasteiger partial charge in [0.05, 0.1) is 36.9 Å². The molecule has 0 aliphatic rings. The van der Waals surface area contributed by atoms with E-state index in [0.29, 0.717) is 45.1 Å². The number of ether oxygens (including phenoxy) is 3. The van der Waals surface area contributed by atoms with Crippen LogP contribution in [0.2, 0.25) is 0 Å². The standard InChI is InChI=1S/C33H25N3O7/c1-40-27-15-21(16-28(41-2)30(27)42-19-20-11-13-22(14-12-20)33(38)39)18-34-36-31(29-17-23-7-3-6-10-26(23)43-29)35-25-9-5-4-8-24(25)32(36)37/h3-18H,19H2,1-2H3,(H,38,39). The molecule has 0 bridgehead atoms. The highest BCUT2D eigenvalue weighted by atomic mass is 16.5. The van der Waals surface area contributed by atoms with E-state index in [0.717, 1.165) is 10.9 Å². The molecule has 1 N–H and O–H groups in total. The van der Waals surface area contributed by atoms with Crippen molar-refractivity contribution < 1.29 is 28.5 Å². The average molecular weight is 576 g/mol. The number of aromatic carboxylic acids is 1. The summed E-state index contributed by atoms with van der Waals surface area (Å²) in [4.78, 5) is 29.5. The second-order valence-corrected chi connectivity index (χ2v) is 9.51.